The zero-order valence-corrected chi connectivity index (χ0v) is 9.68. The summed E-state index contributed by atoms with van der Waals surface area (Å²) in [6, 6.07) is 0. The van der Waals surface area contributed by atoms with Crippen LogP contribution in [0.4, 0.5) is 0 Å². The Morgan fingerprint density at radius 3 is 2.07 bits per heavy atom. The Kier molecular flexibility index (Phi) is 2.95. The molecule has 1 aliphatic rings. The standard InChI is InChI=1S/C7H14O5S2/c1-5(2)14(11,12)7-4-13(9,10)3-6(7)8/h5-8H,3-4H2,1-2H3/t6-,7+/m0/s1. The lowest BCUT2D eigenvalue weighted by molar-refractivity contribution is 0.204. The Morgan fingerprint density at radius 1 is 1.29 bits per heavy atom. The Labute approximate surface area is 84.0 Å². The normalized spacial score (nSPS) is 32.3. The Bertz CT molecular complexity index is 405. The van der Waals surface area contributed by atoms with Crippen molar-refractivity contribution in [3.05, 3.63) is 0 Å². The lowest BCUT2D eigenvalue weighted by atomic mass is 10.3. The molecule has 0 aromatic carbocycles. The van der Waals surface area contributed by atoms with Gasteiger partial charge in [0.2, 0.25) is 0 Å². The third-order valence-corrected chi connectivity index (χ3v) is 6.92. The number of rotatable bonds is 2. The van der Waals surface area contributed by atoms with Crippen molar-refractivity contribution in [1.29, 1.82) is 0 Å². The van der Waals surface area contributed by atoms with Crippen LogP contribution in [0.5, 0.6) is 0 Å². The zero-order valence-electron chi connectivity index (χ0n) is 8.04. The first-order chi connectivity index (χ1) is 6.17. The molecule has 1 saturated heterocycles. The van der Waals surface area contributed by atoms with Crippen molar-refractivity contribution in [1.82, 2.24) is 0 Å². The maximum atomic E-state index is 11.6. The van der Waals surface area contributed by atoms with Crippen molar-refractivity contribution in [3.63, 3.8) is 0 Å². The highest BCUT2D eigenvalue weighted by atomic mass is 32.2. The minimum Gasteiger partial charge on any atom is -0.391 e. The quantitative estimate of drug-likeness (QED) is 0.668. The van der Waals surface area contributed by atoms with Crippen LogP contribution in [0.15, 0.2) is 0 Å². The average Bonchev–Trinajstić information content (AvgIpc) is 2.24. The summed E-state index contributed by atoms with van der Waals surface area (Å²) < 4.78 is 45.4. The van der Waals surface area contributed by atoms with E-state index in [4.69, 9.17) is 0 Å². The summed E-state index contributed by atoms with van der Waals surface area (Å²) in [5, 5.41) is 7.55. The summed E-state index contributed by atoms with van der Waals surface area (Å²) in [6.07, 6.45) is -1.27. The number of aliphatic hydroxyl groups excluding tert-OH is 1. The second kappa shape index (κ2) is 3.46. The predicted octanol–water partition coefficient (Wildman–Crippen LogP) is -1.03. The van der Waals surface area contributed by atoms with Gasteiger partial charge in [0.25, 0.3) is 0 Å². The van der Waals surface area contributed by atoms with E-state index in [0.29, 0.717) is 0 Å². The minimum absolute atomic E-state index is 0.441. The van der Waals surface area contributed by atoms with E-state index in [1.165, 1.54) is 13.8 Å². The van der Waals surface area contributed by atoms with E-state index in [2.05, 4.69) is 0 Å². The van der Waals surface area contributed by atoms with Crippen LogP contribution in [-0.4, -0.2) is 50.1 Å². The van der Waals surface area contributed by atoms with Gasteiger partial charge in [-0.15, -0.1) is 0 Å². The van der Waals surface area contributed by atoms with Crippen molar-refractivity contribution >= 4 is 19.7 Å². The minimum atomic E-state index is -3.53. The van der Waals surface area contributed by atoms with E-state index in [9.17, 15) is 21.9 Å². The second-order valence-corrected chi connectivity index (χ2v) is 8.70. The third-order valence-electron chi connectivity index (χ3n) is 2.35. The molecular formula is C7H14O5S2. The molecule has 0 aromatic rings. The molecule has 1 N–H and O–H groups in total. The molecule has 14 heavy (non-hydrogen) atoms. The molecule has 1 fully saturated rings. The molecule has 1 heterocycles. The zero-order chi connectivity index (χ0) is 11.1. The molecule has 0 unspecified atom stereocenters. The lowest BCUT2D eigenvalue weighted by Gasteiger charge is -2.16. The summed E-state index contributed by atoms with van der Waals surface area (Å²) in [4.78, 5) is 0. The summed E-state index contributed by atoms with van der Waals surface area (Å²) in [5.41, 5.74) is 0. The summed E-state index contributed by atoms with van der Waals surface area (Å²) in [6.45, 7) is 2.96. The van der Waals surface area contributed by atoms with Crippen LogP contribution in [0.1, 0.15) is 13.8 Å². The molecule has 5 nitrogen and oxygen atoms in total. The molecule has 0 aromatic heterocycles. The van der Waals surface area contributed by atoms with Crippen LogP contribution in [-0.2, 0) is 19.7 Å². The van der Waals surface area contributed by atoms with Crippen LogP contribution >= 0.6 is 0 Å². The smallest absolute Gasteiger partial charge is 0.159 e. The number of hydrogen-bond acceptors (Lipinski definition) is 5. The van der Waals surface area contributed by atoms with E-state index < -0.39 is 47.8 Å². The van der Waals surface area contributed by atoms with E-state index >= 15 is 0 Å². The van der Waals surface area contributed by atoms with Gasteiger partial charge in [0.15, 0.2) is 19.7 Å². The van der Waals surface area contributed by atoms with Gasteiger partial charge in [-0.1, -0.05) is 0 Å². The van der Waals surface area contributed by atoms with Crippen LogP contribution in [0.2, 0.25) is 0 Å². The van der Waals surface area contributed by atoms with Gasteiger partial charge in [0.1, 0.15) is 5.25 Å². The molecule has 0 radical (unpaired) electrons. The fraction of sp³-hybridized carbons (Fsp3) is 1.00. The van der Waals surface area contributed by atoms with Crippen LogP contribution in [0.3, 0.4) is 0 Å². The molecule has 84 valence electrons. The SMILES string of the molecule is CC(C)S(=O)(=O)[C@@H]1CS(=O)(=O)C[C@@H]1O. The Hall–Kier alpha value is -0.140. The largest absolute Gasteiger partial charge is 0.391 e. The number of aliphatic hydroxyl groups is 1. The van der Waals surface area contributed by atoms with Crippen LogP contribution in [0.25, 0.3) is 0 Å². The molecule has 0 aliphatic carbocycles. The number of hydrogen-bond donors (Lipinski definition) is 1. The fourth-order valence-electron chi connectivity index (χ4n) is 1.46. The van der Waals surface area contributed by atoms with Crippen LogP contribution in [0, 0.1) is 0 Å². The van der Waals surface area contributed by atoms with Crippen molar-refractivity contribution in [2.75, 3.05) is 11.5 Å². The predicted molar refractivity (Wildman–Crippen MR) is 52.5 cm³/mol. The molecule has 0 bridgehead atoms. The summed E-state index contributed by atoms with van der Waals surface area (Å²) in [5.74, 6) is -0.891. The lowest BCUT2D eigenvalue weighted by Crippen LogP contribution is -2.37. The van der Waals surface area contributed by atoms with E-state index in [0.717, 1.165) is 0 Å². The maximum Gasteiger partial charge on any atom is 0.159 e. The Balaban J connectivity index is 3.04. The van der Waals surface area contributed by atoms with Crippen molar-refractivity contribution in [3.8, 4) is 0 Å². The summed E-state index contributed by atoms with van der Waals surface area (Å²) in [7, 11) is -6.92. The van der Waals surface area contributed by atoms with Gasteiger partial charge >= 0.3 is 0 Å². The first kappa shape index (κ1) is 11.9. The third kappa shape index (κ3) is 2.09. The Morgan fingerprint density at radius 2 is 1.79 bits per heavy atom. The summed E-state index contributed by atoms with van der Waals surface area (Å²) >= 11 is 0. The highest BCUT2D eigenvalue weighted by Gasteiger charge is 2.45. The average molecular weight is 242 g/mol. The maximum absolute atomic E-state index is 11.6. The molecule has 7 heteroatoms. The topological polar surface area (TPSA) is 88.5 Å². The van der Waals surface area contributed by atoms with Gasteiger partial charge in [-0.3, -0.25) is 0 Å². The monoisotopic (exact) mass is 242 g/mol. The molecule has 1 aliphatic heterocycles. The van der Waals surface area contributed by atoms with Crippen molar-refractivity contribution < 1.29 is 21.9 Å². The van der Waals surface area contributed by atoms with Gasteiger partial charge in [0.05, 0.1) is 22.9 Å². The van der Waals surface area contributed by atoms with Crippen LogP contribution < -0.4 is 0 Å². The molecule has 1 rings (SSSR count). The van der Waals surface area contributed by atoms with Crippen molar-refractivity contribution in [2.45, 2.75) is 30.5 Å². The highest BCUT2D eigenvalue weighted by Crippen LogP contribution is 2.22. The van der Waals surface area contributed by atoms with Crippen molar-refractivity contribution in [2.24, 2.45) is 0 Å². The first-order valence-electron chi connectivity index (χ1n) is 4.28. The van der Waals surface area contributed by atoms with Gasteiger partial charge in [-0.2, -0.15) is 0 Å². The van der Waals surface area contributed by atoms with Gasteiger partial charge < -0.3 is 5.11 Å². The number of sulfone groups is 2. The fourth-order valence-corrected chi connectivity index (χ4v) is 5.81. The first-order valence-corrected chi connectivity index (χ1v) is 7.71. The second-order valence-electron chi connectivity index (χ2n) is 3.82. The van der Waals surface area contributed by atoms with Gasteiger partial charge in [-0.05, 0) is 13.8 Å². The highest BCUT2D eigenvalue weighted by molar-refractivity contribution is 7.96. The van der Waals surface area contributed by atoms with E-state index in [1.807, 2.05) is 0 Å². The molecule has 0 spiro atoms. The van der Waals surface area contributed by atoms with E-state index in [1.54, 1.807) is 0 Å². The molecule has 0 saturated carbocycles. The molecular weight excluding hydrogens is 228 g/mol. The van der Waals surface area contributed by atoms with Gasteiger partial charge in [0, 0.05) is 0 Å². The molecule has 2 atom stereocenters. The van der Waals surface area contributed by atoms with Gasteiger partial charge in [-0.25, -0.2) is 16.8 Å². The molecule has 0 amide bonds. The van der Waals surface area contributed by atoms with E-state index in [-0.39, 0.29) is 0 Å².